The van der Waals surface area contributed by atoms with Crippen LogP contribution in [0, 0.1) is 0 Å². The molecule has 0 N–H and O–H groups in total. The van der Waals surface area contributed by atoms with Crippen molar-refractivity contribution < 1.29 is 4.79 Å². The van der Waals surface area contributed by atoms with Gasteiger partial charge in [0, 0.05) is 23.3 Å². The van der Waals surface area contributed by atoms with Crippen molar-refractivity contribution in [1.29, 1.82) is 0 Å². The number of likely N-dealkylation sites (N-methyl/N-ethyl adjacent to an activating group) is 1. The van der Waals surface area contributed by atoms with E-state index in [-0.39, 0.29) is 5.91 Å². The van der Waals surface area contributed by atoms with E-state index in [2.05, 4.69) is 0 Å². The molecule has 2 aliphatic rings. The number of hydrazone groups is 1. The van der Waals surface area contributed by atoms with Crippen LogP contribution in [0.1, 0.15) is 11.1 Å². The van der Waals surface area contributed by atoms with Crippen molar-refractivity contribution in [1.82, 2.24) is 4.90 Å². The Morgan fingerprint density at radius 3 is 1.97 bits per heavy atom. The van der Waals surface area contributed by atoms with Crippen LogP contribution in [0.4, 0.5) is 11.4 Å². The second kappa shape index (κ2) is 9.47. The van der Waals surface area contributed by atoms with Crippen molar-refractivity contribution in [2.24, 2.45) is 5.10 Å². The van der Waals surface area contributed by atoms with Gasteiger partial charge in [0.2, 0.25) is 0 Å². The normalized spacial score (nSPS) is 20.3. The number of hydrogen-bond donors (Lipinski definition) is 0. The van der Waals surface area contributed by atoms with Crippen molar-refractivity contribution in [2.75, 3.05) is 17.0 Å². The summed E-state index contributed by atoms with van der Waals surface area (Å²) in [4.78, 5) is 18.1. The first kappa shape index (κ1) is 23.4. The third kappa shape index (κ3) is 3.99. The van der Waals surface area contributed by atoms with Gasteiger partial charge in [-0.1, -0.05) is 90.5 Å². The molecule has 1 saturated heterocycles. The highest BCUT2D eigenvalue weighted by atomic mass is 35.5. The average Bonchev–Trinajstić information content (AvgIpc) is 3.43. The summed E-state index contributed by atoms with van der Waals surface area (Å²) in [5.41, 5.74) is 4.12. The van der Waals surface area contributed by atoms with Crippen molar-refractivity contribution >= 4 is 51.8 Å². The van der Waals surface area contributed by atoms with E-state index in [1.54, 1.807) is 11.8 Å². The van der Waals surface area contributed by atoms with Gasteiger partial charge in [-0.15, -0.1) is 0 Å². The van der Waals surface area contributed by atoms with Gasteiger partial charge < -0.3 is 4.90 Å². The van der Waals surface area contributed by atoms with Gasteiger partial charge in [0.15, 0.2) is 0 Å². The van der Waals surface area contributed by atoms with E-state index < -0.39 is 5.12 Å². The van der Waals surface area contributed by atoms with Crippen LogP contribution in [0.5, 0.6) is 0 Å². The van der Waals surface area contributed by atoms with Crippen LogP contribution in [0.15, 0.2) is 126 Å². The lowest BCUT2D eigenvalue weighted by Crippen LogP contribution is -2.59. The summed E-state index contributed by atoms with van der Waals surface area (Å²) in [5.74, 6) is -0.110. The zero-order chi connectivity index (χ0) is 25.4. The van der Waals surface area contributed by atoms with Gasteiger partial charge >= 0.3 is 0 Å². The summed E-state index contributed by atoms with van der Waals surface area (Å²) in [6.07, 6.45) is 1.91. The zero-order valence-electron chi connectivity index (χ0n) is 20.0. The second-order valence-electron chi connectivity index (χ2n) is 8.71. The number of thioether (sulfide) groups is 1. The lowest BCUT2D eigenvalue weighted by molar-refractivity contribution is -0.114. The van der Waals surface area contributed by atoms with E-state index >= 15 is 0 Å². The third-order valence-corrected chi connectivity index (χ3v) is 8.09. The van der Waals surface area contributed by atoms with Crippen LogP contribution in [0.3, 0.4) is 0 Å². The maximum absolute atomic E-state index is 14.3. The fourth-order valence-electron chi connectivity index (χ4n) is 4.63. The largest absolute Gasteiger partial charge is 0.319 e. The Hall–Kier alpha value is -4.00. The van der Waals surface area contributed by atoms with Crippen molar-refractivity contribution in [3.63, 3.8) is 0 Å². The number of amides is 1. The van der Waals surface area contributed by atoms with E-state index in [0.717, 1.165) is 27.5 Å². The van der Waals surface area contributed by atoms with Crippen molar-refractivity contribution in [2.45, 2.75) is 5.12 Å². The SMILES string of the molecule is CN1/C(=C/c2ccc(Cl)cc2)C(=O)N(c2ccccc2)C12SC(c1ccccc1)=NN2c1ccccc1. The Balaban J connectivity index is 1.56. The minimum absolute atomic E-state index is 0.110. The second-order valence-corrected chi connectivity index (χ2v) is 10.3. The first-order valence-electron chi connectivity index (χ1n) is 11.9. The van der Waals surface area contributed by atoms with E-state index in [1.165, 1.54) is 0 Å². The topological polar surface area (TPSA) is 39.2 Å². The molecule has 7 heteroatoms. The minimum atomic E-state index is -0.997. The van der Waals surface area contributed by atoms with Gasteiger partial charge in [-0.05, 0) is 59.8 Å². The number of carbonyl (C=O) groups is 1. The molecule has 0 saturated carbocycles. The summed E-state index contributed by atoms with van der Waals surface area (Å²) < 4.78 is 0. The Labute approximate surface area is 225 Å². The number of anilines is 2. The first-order chi connectivity index (χ1) is 18.1. The fourth-order valence-corrected chi connectivity index (χ4v) is 6.14. The number of rotatable bonds is 4. The number of benzene rings is 4. The van der Waals surface area contributed by atoms with Crippen LogP contribution in [0.25, 0.3) is 6.08 Å². The van der Waals surface area contributed by atoms with Crippen LogP contribution in [0.2, 0.25) is 5.02 Å². The Bertz CT molecular complexity index is 1490. The summed E-state index contributed by atoms with van der Waals surface area (Å²) in [6.45, 7) is 0. The molecule has 2 heterocycles. The van der Waals surface area contributed by atoms with E-state index in [1.807, 2.05) is 143 Å². The molecule has 1 atom stereocenters. The van der Waals surface area contributed by atoms with Gasteiger partial charge in [0.25, 0.3) is 11.0 Å². The Morgan fingerprint density at radius 2 is 1.35 bits per heavy atom. The quantitative estimate of drug-likeness (QED) is 0.274. The molecule has 1 spiro atoms. The lowest BCUT2D eigenvalue weighted by atomic mass is 10.2. The molecular formula is C30H23ClN4OS. The van der Waals surface area contributed by atoms with Crippen LogP contribution in [-0.4, -0.2) is 28.0 Å². The monoisotopic (exact) mass is 522 g/mol. The molecule has 1 amide bonds. The van der Waals surface area contributed by atoms with Gasteiger partial charge in [-0.3, -0.25) is 9.69 Å². The van der Waals surface area contributed by atoms with Crippen molar-refractivity contribution in [3.8, 4) is 0 Å². The highest BCUT2D eigenvalue weighted by Gasteiger charge is 2.61. The van der Waals surface area contributed by atoms with E-state index in [4.69, 9.17) is 16.7 Å². The molecule has 6 rings (SSSR count). The summed E-state index contributed by atoms with van der Waals surface area (Å²) in [7, 11) is 1.95. The lowest BCUT2D eigenvalue weighted by Gasteiger charge is -2.43. The van der Waals surface area contributed by atoms with Crippen LogP contribution >= 0.6 is 23.4 Å². The molecule has 0 radical (unpaired) electrons. The number of hydrogen-bond acceptors (Lipinski definition) is 5. The molecule has 182 valence electrons. The van der Waals surface area contributed by atoms with Crippen molar-refractivity contribution in [3.05, 3.63) is 137 Å². The number of carbonyl (C=O) groups excluding carboxylic acids is 1. The van der Waals surface area contributed by atoms with E-state index in [0.29, 0.717) is 10.7 Å². The van der Waals surface area contributed by atoms with E-state index in [9.17, 15) is 4.79 Å². The number of halogens is 1. The molecule has 1 fully saturated rings. The first-order valence-corrected chi connectivity index (χ1v) is 13.1. The molecule has 0 bridgehead atoms. The van der Waals surface area contributed by atoms with Gasteiger partial charge in [-0.2, -0.15) is 5.10 Å². The molecule has 4 aromatic carbocycles. The highest BCUT2D eigenvalue weighted by molar-refractivity contribution is 8.16. The number of nitrogens with zero attached hydrogens (tertiary/aromatic N) is 4. The Kier molecular flexibility index (Phi) is 5.99. The van der Waals surface area contributed by atoms with Crippen LogP contribution < -0.4 is 9.91 Å². The Morgan fingerprint density at radius 1 is 0.784 bits per heavy atom. The summed E-state index contributed by atoms with van der Waals surface area (Å²) >= 11 is 7.67. The predicted octanol–water partition coefficient (Wildman–Crippen LogP) is 6.89. The molecule has 4 aromatic rings. The molecule has 0 aliphatic carbocycles. The molecule has 0 aromatic heterocycles. The smallest absolute Gasteiger partial charge is 0.278 e. The summed E-state index contributed by atoms with van der Waals surface area (Å²) in [5, 5.41) is 7.55. The maximum atomic E-state index is 14.3. The number of para-hydroxylation sites is 2. The predicted molar refractivity (Wildman–Crippen MR) is 153 cm³/mol. The standard InChI is InChI=1S/C30H23ClN4OS/c1-33-27(21-22-17-19-24(31)20-18-22)29(36)34(25-13-7-3-8-14-25)30(33)35(26-15-9-4-10-16-26)32-28(37-30)23-11-5-2-6-12-23/h2-21H,1H3/b27-21+. The van der Waals surface area contributed by atoms with Gasteiger partial charge in [-0.25, -0.2) is 5.01 Å². The molecule has 1 unspecified atom stereocenters. The third-order valence-electron chi connectivity index (χ3n) is 6.42. The molecular weight excluding hydrogens is 500 g/mol. The summed E-state index contributed by atoms with van der Waals surface area (Å²) in [6, 6.07) is 37.3. The minimum Gasteiger partial charge on any atom is -0.319 e. The molecule has 37 heavy (non-hydrogen) atoms. The maximum Gasteiger partial charge on any atom is 0.278 e. The van der Waals surface area contributed by atoms with Crippen LogP contribution in [-0.2, 0) is 4.79 Å². The van der Waals surface area contributed by atoms with Gasteiger partial charge in [0.1, 0.15) is 10.7 Å². The van der Waals surface area contributed by atoms with Gasteiger partial charge in [0.05, 0.1) is 5.69 Å². The molecule has 2 aliphatic heterocycles. The molecule has 5 nitrogen and oxygen atoms in total. The fraction of sp³-hybridized carbons (Fsp3) is 0.0667. The average molecular weight is 523 g/mol. The highest BCUT2D eigenvalue weighted by Crippen LogP contribution is 2.53. The zero-order valence-corrected chi connectivity index (χ0v) is 21.6.